The lowest BCUT2D eigenvalue weighted by molar-refractivity contribution is 0.0561. The van der Waals surface area contributed by atoms with Gasteiger partial charge in [0.15, 0.2) is 11.3 Å². The highest BCUT2D eigenvalue weighted by molar-refractivity contribution is 7.18. The van der Waals surface area contributed by atoms with Crippen LogP contribution in [0.2, 0.25) is 0 Å². The van der Waals surface area contributed by atoms with Gasteiger partial charge in [-0.25, -0.2) is 19.2 Å². The predicted molar refractivity (Wildman–Crippen MR) is 107 cm³/mol. The minimum absolute atomic E-state index is 0.189. The number of pyridine rings is 1. The van der Waals surface area contributed by atoms with Crippen molar-refractivity contribution in [2.75, 3.05) is 18.4 Å². The number of anilines is 1. The highest BCUT2D eigenvalue weighted by Crippen LogP contribution is 2.27. The molecule has 3 aromatic rings. The Morgan fingerprint density at radius 1 is 1.30 bits per heavy atom. The summed E-state index contributed by atoms with van der Waals surface area (Å²) in [5.41, 5.74) is 1.20. The molecule has 4 heterocycles. The van der Waals surface area contributed by atoms with Gasteiger partial charge in [-0.15, -0.1) is 11.3 Å². The van der Waals surface area contributed by atoms with Crippen LogP contribution in [0.15, 0.2) is 18.5 Å². The molecule has 10 nitrogen and oxygen atoms in total. The molecular weight excluding hydrogens is 413 g/mol. The van der Waals surface area contributed by atoms with Crippen LogP contribution in [0.5, 0.6) is 0 Å². The number of likely N-dealkylation sites (tertiary alicyclic amines) is 1. The number of aromatic nitrogens is 4. The number of carboxylic acid groups (broad SMARTS) is 1. The van der Waals surface area contributed by atoms with Gasteiger partial charge in [-0.3, -0.25) is 9.78 Å². The molecule has 0 aliphatic carbocycles. The Morgan fingerprint density at radius 3 is 2.77 bits per heavy atom. The Balaban J connectivity index is 1.60. The summed E-state index contributed by atoms with van der Waals surface area (Å²) >= 11 is 1.32. The third kappa shape index (κ3) is 3.99. The molecule has 156 valence electrons. The SMILES string of the molecule is Cc1nc2nc(N[C@@H](C)c3cncc(F)c3)nc(C(=O)N3CC(NC(=O)O)C3)c2s1. The molecule has 3 N–H and O–H groups in total. The Labute approximate surface area is 174 Å². The Hall–Kier alpha value is -3.41. The monoisotopic (exact) mass is 431 g/mol. The minimum Gasteiger partial charge on any atom is -0.465 e. The van der Waals surface area contributed by atoms with Crippen LogP contribution in [0.3, 0.4) is 0 Å². The van der Waals surface area contributed by atoms with E-state index in [4.69, 9.17) is 5.11 Å². The van der Waals surface area contributed by atoms with Crippen molar-refractivity contribution in [3.05, 3.63) is 40.5 Å². The number of amides is 2. The molecule has 1 saturated heterocycles. The lowest BCUT2D eigenvalue weighted by Gasteiger charge is -2.38. The zero-order chi connectivity index (χ0) is 21.4. The molecule has 0 saturated carbocycles. The summed E-state index contributed by atoms with van der Waals surface area (Å²) in [7, 11) is 0. The topological polar surface area (TPSA) is 133 Å². The van der Waals surface area contributed by atoms with E-state index in [1.807, 2.05) is 6.92 Å². The molecule has 3 aromatic heterocycles. The van der Waals surface area contributed by atoms with E-state index < -0.39 is 11.9 Å². The molecule has 0 bridgehead atoms. The highest BCUT2D eigenvalue weighted by atomic mass is 32.1. The van der Waals surface area contributed by atoms with Crippen LogP contribution < -0.4 is 10.6 Å². The number of carbonyl (C=O) groups excluding carboxylic acids is 1. The molecule has 0 unspecified atom stereocenters. The van der Waals surface area contributed by atoms with Crippen molar-refractivity contribution in [3.63, 3.8) is 0 Å². The van der Waals surface area contributed by atoms with Gasteiger partial charge < -0.3 is 20.6 Å². The van der Waals surface area contributed by atoms with Crippen LogP contribution in [0.1, 0.15) is 34.0 Å². The van der Waals surface area contributed by atoms with Gasteiger partial charge in [-0.2, -0.15) is 4.98 Å². The number of thiazole rings is 1. The quantitative estimate of drug-likeness (QED) is 0.560. The van der Waals surface area contributed by atoms with Gasteiger partial charge in [0.25, 0.3) is 5.91 Å². The van der Waals surface area contributed by atoms with E-state index in [1.165, 1.54) is 28.5 Å². The molecule has 2 amide bonds. The van der Waals surface area contributed by atoms with Crippen molar-refractivity contribution < 1.29 is 19.1 Å². The van der Waals surface area contributed by atoms with Crippen molar-refractivity contribution in [2.24, 2.45) is 0 Å². The van der Waals surface area contributed by atoms with Crippen LogP contribution in [-0.4, -0.2) is 61.1 Å². The van der Waals surface area contributed by atoms with E-state index in [1.54, 1.807) is 6.92 Å². The summed E-state index contributed by atoms with van der Waals surface area (Å²) in [6.45, 7) is 4.14. The highest BCUT2D eigenvalue weighted by Gasteiger charge is 2.34. The molecule has 0 aromatic carbocycles. The minimum atomic E-state index is -1.12. The Bertz CT molecular complexity index is 1130. The van der Waals surface area contributed by atoms with Crippen molar-refractivity contribution in [1.29, 1.82) is 0 Å². The Morgan fingerprint density at radius 2 is 2.07 bits per heavy atom. The number of rotatable bonds is 5. The summed E-state index contributed by atoms with van der Waals surface area (Å²) in [6, 6.07) is 0.698. The molecule has 1 fully saturated rings. The van der Waals surface area contributed by atoms with Crippen LogP contribution >= 0.6 is 11.3 Å². The molecule has 4 rings (SSSR count). The van der Waals surface area contributed by atoms with E-state index in [-0.39, 0.29) is 42.7 Å². The number of nitrogens with zero attached hydrogens (tertiary/aromatic N) is 5. The van der Waals surface area contributed by atoms with Gasteiger partial charge in [0.05, 0.1) is 23.3 Å². The molecule has 1 atom stereocenters. The van der Waals surface area contributed by atoms with Crippen LogP contribution in [0, 0.1) is 12.7 Å². The molecule has 0 radical (unpaired) electrons. The first kappa shape index (κ1) is 19.9. The van der Waals surface area contributed by atoms with Crippen molar-refractivity contribution >= 4 is 39.6 Å². The molecule has 30 heavy (non-hydrogen) atoms. The third-order valence-electron chi connectivity index (χ3n) is 4.63. The van der Waals surface area contributed by atoms with Gasteiger partial charge >= 0.3 is 6.09 Å². The average molecular weight is 431 g/mol. The standard InChI is InChI=1S/C18H18FN7O3S/c1-8(10-3-11(19)5-20-4-10)21-17-24-13(14-15(25-17)22-9(2)30-14)16(27)26-6-12(7-26)23-18(28)29/h3-5,8,12,23H,6-7H2,1-2H3,(H,28,29)(H,21,24,25)/t8-/m0/s1. The normalized spacial score (nSPS) is 15.0. The lowest BCUT2D eigenvalue weighted by Crippen LogP contribution is -2.60. The zero-order valence-electron chi connectivity index (χ0n) is 16.1. The van der Waals surface area contributed by atoms with Crippen LogP contribution in [0.4, 0.5) is 15.1 Å². The first-order valence-electron chi connectivity index (χ1n) is 9.11. The molecule has 1 aliphatic rings. The van der Waals surface area contributed by atoms with E-state index in [9.17, 15) is 14.0 Å². The largest absolute Gasteiger partial charge is 0.465 e. The van der Waals surface area contributed by atoms with E-state index in [0.29, 0.717) is 15.9 Å². The fraction of sp³-hybridized carbons (Fsp3) is 0.333. The predicted octanol–water partition coefficient (Wildman–Crippen LogP) is 2.19. The second kappa shape index (κ2) is 7.78. The molecular formula is C18H18FN7O3S. The number of fused-ring (bicyclic) bond motifs is 1. The molecule has 12 heteroatoms. The van der Waals surface area contributed by atoms with Gasteiger partial charge in [0.1, 0.15) is 10.5 Å². The fourth-order valence-electron chi connectivity index (χ4n) is 3.14. The number of nitrogens with one attached hydrogen (secondary N) is 2. The first-order chi connectivity index (χ1) is 14.3. The summed E-state index contributed by atoms with van der Waals surface area (Å²) < 4.78 is 14.0. The maximum absolute atomic E-state index is 13.5. The number of hydrogen-bond donors (Lipinski definition) is 3. The van der Waals surface area contributed by atoms with Crippen LogP contribution in [0.25, 0.3) is 10.3 Å². The maximum Gasteiger partial charge on any atom is 0.405 e. The van der Waals surface area contributed by atoms with Gasteiger partial charge in [0, 0.05) is 19.3 Å². The second-order valence-corrected chi connectivity index (χ2v) is 8.14. The summed E-state index contributed by atoms with van der Waals surface area (Å²) in [5, 5.41) is 14.9. The molecule has 0 spiro atoms. The number of carbonyl (C=O) groups is 2. The summed E-state index contributed by atoms with van der Waals surface area (Å²) in [5.74, 6) is -0.586. The van der Waals surface area contributed by atoms with Gasteiger partial charge in [-0.05, 0) is 25.5 Å². The maximum atomic E-state index is 13.5. The number of hydrogen-bond acceptors (Lipinski definition) is 8. The number of aryl methyl sites for hydroxylation is 1. The van der Waals surface area contributed by atoms with Crippen molar-refractivity contribution in [1.82, 2.24) is 30.2 Å². The van der Waals surface area contributed by atoms with Gasteiger partial charge in [0.2, 0.25) is 5.95 Å². The lowest BCUT2D eigenvalue weighted by atomic mass is 10.1. The van der Waals surface area contributed by atoms with Crippen LogP contribution in [-0.2, 0) is 0 Å². The van der Waals surface area contributed by atoms with E-state index >= 15 is 0 Å². The first-order valence-corrected chi connectivity index (χ1v) is 9.92. The second-order valence-electron chi connectivity index (χ2n) is 6.94. The van der Waals surface area contributed by atoms with Crippen molar-refractivity contribution in [2.45, 2.75) is 25.9 Å². The molecule has 1 aliphatic heterocycles. The Kier molecular flexibility index (Phi) is 5.16. The smallest absolute Gasteiger partial charge is 0.405 e. The van der Waals surface area contributed by atoms with E-state index in [2.05, 4.69) is 30.6 Å². The summed E-state index contributed by atoms with van der Waals surface area (Å²) in [4.78, 5) is 42.2. The zero-order valence-corrected chi connectivity index (χ0v) is 16.9. The number of halogens is 1. The third-order valence-corrected chi connectivity index (χ3v) is 5.60. The van der Waals surface area contributed by atoms with Gasteiger partial charge in [-0.1, -0.05) is 0 Å². The average Bonchev–Trinajstić information content (AvgIpc) is 3.03. The summed E-state index contributed by atoms with van der Waals surface area (Å²) in [6.07, 6.45) is 1.53. The fourth-order valence-corrected chi connectivity index (χ4v) is 3.98. The van der Waals surface area contributed by atoms with Crippen molar-refractivity contribution in [3.8, 4) is 0 Å². The van der Waals surface area contributed by atoms with E-state index in [0.717, 1.165) is 11.2 Å².